The molecule has 70 valence electrons. The maximum Gasteiger partial charge on any atom is 0.324 e. The van der Waals surface area contributed by atoms with Gasteiger partial charge >= 0.3 is 5.00 Å². The number of hydrogen-bond donors (Lipinski definition) is 0. The highest BCUT2D eigenvalue weighted by Crippen LogP contribution is 2.32. The number of aldehydes is 1. The standard InChI is InChI=1S/C8H9NO3S/c1-8(2,5-10)6-3-4-7(13-6)9(11)12/h3-5H,1-2H3. The molecular formula is C8H9NO3S. The lowest BCUT2D eigenvalue weighted by molar-refractivity contribution is -0.380. The van der Waals surface area contributed by atoms with Crippen molar-refractivity contribution in [2.24, 2.45) is 0 Å². The highest BCUT2D eigenvalue weighted by molar-refractivity contribution is 7.15. The molecule has 0 aliphatic heterocycles. The Hall–Kier alpha value is -1.23. The van der Waals surface area contributed by atoms with Gasteiger partial charge in [0.05, 0.1) is 10.3 Å². The number of rotatable bonds is 3. The molecule has 4 nitrogen and oxygen atoms in total. The van der Waals surface area contributed by atoms with Crippen molar-refractivity contribution in [3.63, 3.8) is 0 Å². The average Bonchev–Trinajstić information content (AvgIpc) is 2.52. The molecule has 0 unspecified atom stereocenters. The first-order valence-corrected chi connectivity index (χ1v) is 4.50. The lowest BCUT2D eigenvalue weighted by atomic mass is 9.94. The third-order valence-corrected chi connectivity index (χ3v) is 3.08. The maximum absolute atomic E-state index is 10.6. The fourth-order valence-electron chi connectivity index (χ4n) is 0.830. The van der Waals surface area contributed by atoms with Crippen molar-refractivity contribution >= 4 is 22.6 Å². The van der Waals surface area contributed by atoms with E-state index in [-0.39, 0.29) is 5.00 Å². The number of nitrogens with zero attached hydrogens (tertiary/aromatic N) is 1. The van der Waals surface area contributed by atoms with Crippen molar-refractivity contribution in [1.82, 2.24) is 0 Å². The van der Waals surface area contributed by atoms with Crippen LogP contribution in [-0.2, 0) is 10.2 Å². The summed E-state index contributed by atoms with van der Waals surface area (Å²) in [6.07, 6.45) is 0.794. The summed E-state index contributed by atoms with van der Waals surface area (Å²) in [4.78, 5) is 21.3. The molecule has 0 bridgehead atoms. The molecule has 5 heteroatoms. The molecule has 0 spiro atoms. The molecule has 0 aliphatic carbocycles. The van der Waals surface area contributed by atoms with Crippen LogP contribution in [-0.4, -0.2) is 11.2 Å². The van der Waals surface area contributed by atoms with E-state index in [4.69, 9.17) is 0 Å². The molecule has 1 heterocycles. The van der Waals surface area contributed by atoms with Crippen molar-refractivity contribution in [3.05, 3.63) is 27.1 Å². The molecule has 0 atom stereocenters. The molecule has 0 radical (unpaired) electrons. The molecule has 0 aromatic carbocycles. The predicted molar refractivity (Wildman–Crippen MR) is 50.1 cm³/mol. The van der Waals surface area contributed by atoms with Crippen molar-refractivity contribution in [3.8, 4) is 0 Å². The fraction of sp³-hybridized carbons (Fsp3) is 0.375. The summed E-state index contributed by atoms with van der Waals surface area (Å²) in [5.41, 5.74) is -0.626. The van der Waals surface area contributed by atoms with Crippen LogP contribution in [0.4, 0.5) is 5.00 Å². The van der Waals surface area contributed by atoms with Gasteiger partial charge in [-0.25, -0.2) is 0 Å². The van der Waals surface area contributed by atoms with E-state index in [0.717, 1.165) is 17.6 Å². The summed E-state index contributed by atoms with van der Waals surface area (Å²) >= 11 is 1.04. The van der Waals surface area contributed by atoms with Gasteiger partial charge in [0.1, 0.15) is 6.29 Å². The van der Waals surface area contributed by atoms with Crippen LogP contribution in [0.15, 0.2) is 12.1 Å². The Balaban J connectivity index is 3.05. The lowest BCUT2D eigenvalue weighted by Gasteiger charge is -2.12. The number of carbonyl (C=O) groups excluding carboxylic acids is 1. The zero-order chi connectivity index (χ0) is 10.1. The summed E-state index contributed by atoms with van der Waals surface area (Å²) < 4.78 is 0. The molecule has 0 fully saturated rings. The first-order valence-electron chi connectivity index (χ1n) is 3.68. The summed E-state index contributed by atoms with van der Waals surface area (Å²) in [5.74, 6) is 0. The van der Waals surface area contributed by atoms with Gasteiger partial charge < -0.3 is 4.79 Å². The van der Waals surface area contributed by atoms with Crippen LogP contribution < -0.4 is 0 Å². The van der Waals surface area contributed by atoms with E-state index in [1.165, 1.54) is 6.07 Å². The van der Waals surface area contributed by atoms with Crippen LogP contribution in [0.1, 0.15) is 18.7 Å². The Morgan fingerprint density at radius 2 is 2.15 bits per heavy atom. The molecule has 0 saturated heterocycles. The van der Waals surface area contributed by atoms with Gasteiger partial charge in [-0.05, 0) is 19.9 Å². The average molecular weight is 199 g/mol. The van der Waals surface area contributed by atoms with Crippen molar-refractivity contribution in [2.45, 2.75) is 19.3 Å². The van der Waals surface area contributed by atoms with Gasteiger partial charge in [-0.2, -0.15) is 0 Å². The van der Waals surface area contributed by atoms with E-state index in [0.29, 0.717) is 4.88 Å². The second-order valence-corrected chi connectivity index (χ2v) is 4.30. The molecule has 13 heavy (non-hydrogen) atoms. The molecule has 0 saturated carbocycles. The van der Waals surface area contributed by atoms with Gasteiger partial charge in [0.25, 0.3) is 0 Å². The number of carbonyl (C=O) groups is 1. The summed E-state index contributed by atoms with van der Waals surface area (Å²) in [6, 6.07) is 3.04. The van der Waals surface area contributed by atoms with Crippen LogP contribution in [0.3, 0.4) is 0 Å². The Bertz CT molecular complexity index is 343. The van der Waals surface area contributed by atoms with Gasteiger partial charge in [0.15, 0.2) is 0 Å². The first kappa shape index (κ1) is 9.85. The van der Waals surface area contributed by atoms with Gasteiger partial charge in [-0.1, -0.05) is 11.3 Å². The van der Waals surface area contributed by atoms with Crippen LogP contribution in [0.2, 0.25) is 0 Å². The fourth-order valence-corrected chi connectivity index (χ4v) is 1.71. The Labute approximate surface area is 79.3 Å². The predicted octanol–water partition coefficient (Wildman–Crippen LogP) is 2.13. The van der Waals surface area contributed by atoms with Gasteiger partial charge in [-0.3, -0.25) is 10.1 Å². The normalized spacial score (nSPS) is 11.2. The van der Waals surface area contributed by atoms with E-state index in [1.54, 1.807) is 19.9 Å². The van der Waals surface area contributed by atoms with Crippen molar-refractivity contribution in [1.29, 1.82) is 0 Å². The summed E-state index contributed by atoms with van der Waals surface area (Å²) in [5, 5.41) is 10.4. The molecule has 1 aromatic heterocycles. The Morgan fingerprint density at radius 1 is 1.54 bits per heavy atom. The van der Waals surface area contributed by atoms with Crippen LogP contribution in [0.5, 0.6) is 0 Å². The molecule has 0 aliphatic rings. The lowest BCUT2D eigenvalue weighted by Crippen LogP contribution is -2.16. The minimum absolute atomic E-state index is 0.0740. The first-order chi connectivity index (χ1) is 5.97. The third kappa shape index (κ3) is 1.92. The number of thiophene rings is 1. The molecular weight excluding hydrogens is 190 g/mol. The van der Waals surface area contributed by atoms with Crippen LogP contribution in [0.25, 0.3) is 0 Å². The van der Waals surface area contributed by atoms with Gasteiger partial charge in [-0.15, -0.1) is 0 Å². The second kappa shape index (κ2) is 3.26. The highest BCUT2D eigenvalue weighted by atomic mass is 32.1. The quantitative estimate of drug-likeness (QED) is 0.425. The van der Waals surface area contributed by atoms with Gasteiger partial charge in [0, 0.05) is 10.9 Å². The summed E-state index contributed by atoms with van der Waals surface area (Å²) in [7, 11) is 0. The monoisotopic (exact) mass is 199 g/mol. The molecule has 1 aromatic rings. The van der Waals surface area contributed by atoms with E-state index in [1.807, 2.05) is 0 Å². The third-order valence-electron chi connectivity index (χ3n) is 1.70. The minimum Gasteiger partial charge on any atom is -0.302 e. The van der Waals surface area contributed by atoms with E-state index < -0.39 is 10.3 Å². The minimum atomic E-state index is -0.626. The highest BCUT2D eigenvalue weighted by Gasteiger charge is 2.24. The van der Waals surface area contributed by atoms with Crippen molar-refractivity contribution in [2.75, 3.05) is 0 Å². The Kier molecular flexibility index (Phi) is 2.47. The number of hydrogen-bond acceptors (Lipinski definition) is 4. The Morgan fingerprint density at radius 3 is 2.54 bits per heavy atom. The molecule has 0 amide bonds. The zero-order valence-electron chi connectivity index (χ0n) is 7.31. The van der Waals surface area contributed by atoms with E-state index in [2.05, 4.69) is 0 Å². The SMILES string of the molecule is CC(C)(C=O)c1ccc([N+](=O)[O-])s1. The number of nitro groups is 1. The van der Waals surface area contributed by atoms with Crippen molar-refractivity contribution < 1.29 is 9.72 Å². The maximum atomic E-state index is 10.6. The molecule has 1 rings (SSSR count). The van der Waals surface area contributed by atoms with Crippen LogP contribution >= 0.6 is 11.3 Å². The summed E-state index contributed by atoms with van der Waals surface area (Å²) in [6.45, 7) is 3.46. The largest absolute Gasteiger partial charge is 0.324 e. The second-order valence-electron chi connectivity index (χ2n) is 3.23. The smallest absolute Gasteiger partial charge is 0.302 e. The molecule has 0 N–H and O–H groups in total. The topological polar surface area (TPSA) is 60.2 Å². The van der Waals surface area contributed by atoms with E-state index >= 15 is 0 Å². The van der Waals surface area contributed by atoms with E-state index in [9.17, 15) is 14.9 Å². The van der Waals surface area contributed by atoms with Gasteiger partial charge in [0.2, 0.25) is 0 Å². The zero-order valence-corrected chi connectivity index (χ0v) is 8.13. The van der Waals surface area contributed by atoms with Crippen LogP contribution in [0, 0.1) is 10.1 Å².